The van der Waals surface area contributed by atoms with Gasteiger partial charge in [-0.05, 0) is 26.8 Å². The Morgan fingerprint density at radius 1 is 1.28 bits per heavy atom. The van der Waals surface area contributed by atoms with Crippen molar-refractivity contribution in [3.63, 3.8) is 0 Å². The monoisotopic (exact) mass is 368 g/mol. The normalized spacial score (nSPS) is 15.3. The van der Waals surface area contributed by atoms with Crippen molar-refractivity contribution in [2.24, 2.45) is 0 Å². The minimum atomic E-state index is -0.210. The molecule has 0 saturated carbocycles. The van der Waals surface area contributed by atoms with Crippen molar-refractivity contribution < 1.29 is 14.3 Å². The van der Waals surface area contributed by atoms with E-state index in [0.717, 1.165) is 0 Å². The molecular formula is C17H25ClN4O3. The molecule has 2 amide bonds. The van der Waals surface area contributed by atoms with Crippen LogP contribution in [-0.2, 0) is 4.79 Å². The van der Waals surface area contributed by atoms with Crippen molar-refractivity contribution in [2.45, 2.75) is 26.8 Å². The first kappa shape index (κ1) is 19.5. The Balaban J connectivity index is 1.93. The summed E-state index contributed by atoms with van der Waals surface area (Å²) in [6.45, 7) is 8.88. The quantitative estimate of drug-likeness (QED) is 0.821. The number of piperazine rings is 1. The highest BCUT2D eigenvalue weighted by Gasteiger charge is 2.26. The van der Waals surface area contributed by atoms with Crippen molar-refractivity contribution in [3.8, 4) is 5.88 Å². The highest BCUT2D eigenvalue weighted by molar-refractivity contribution is 6.33. The predicted octanol–water partition coefficient (Wildman–Crippen LogP) is 1.42. The predicted molar refractivity (Wildman–Crippen MR) is 96.0 cm³/mol. The molecule has 0 aliphatic carbocycles. The number of rotatable bonds is 6. The van der Waals surface area contributed by atoms with Crippen molar-refractivity contribution in [3.05, 3.63) is 22.8 Å². The lowest BCUT2D eigenvalue weighted by Gasteiger charge is -2.34. The minimum absolute atomic E-state index is 0.00361. The molecule has 0 aromatic carbocycles. The van der Waals surface area contributed by atoms with E-state index in [1.807, 2.05) is 25.7 Å². The van der Waals surface area contributed by atoms with Crippen molar-refractivity contribution in [1.82, 2.24) is 20.1 Å². The standard InChI is InChI=1S/C17H25ClN4O3/c1-4-25-15-6-5-13(18)16(20-15)17(24)22-9-7-21(8-10-22)11-14(23)19-12(2)3/h5-6,12H,4,7-11H2,1-3H3,(H,19,23). The van der Waals surface area contributed by atoms with E-state index in [1.54, 1.807) is 17.0 Å². The maximum absolute atomic E-state index is 12.7. The Morgan fingerprint density at radius 3 is 2.56 bits per heavy atom. The molecule has 25 heavy (non-hydrogen) atoms. The van der Waals surface area contributed by atoms with E-state index in [2.05, 4.69) is 10.3 Å². The van der Waals surface area contributed by atoms with Crippen LogP contribution < -0.4 is 10.1 Å². The summed E-state index contributed by atoms with van der Waals surface area (Å²) < 4.78 is 5.34. The van der Waals surface area contributed by atoms with Gasteiger partial charge in [0.05, 0.1) is 18.2 Å². The fraction of sp³-hybridized carbons (Fsp3) is 0.588. The molecule has 138 valence electrons. The molecule has 0 bridgehead atoms. The zero-order chi connectivity index (χ0) is 18.4. The summed E-state index contributed by atoms with van der Waals surface area (Å²) in [6.07, 6.45) is 0. The first-order valence-corrected chi connectivity index (χ1v) is 8.88. The third kappa shape index (κ3) is 5.57. The second-order valence-corrected chi connectivity index (χ2v) is 6.61. The van der Waals surface area contributed by atoms with Gasteiger partial charge in [0, 0.05) is 38.3 Å². The van der Waals surface area contributed by atoms with Gasteiger partial charge in [-0.1, -0.05) is 11.6 Å². The van der Waals surface area contributed by atoms with Gasteiger partial charge in [0.1, 0.15) is 0 Å². The van der Waals surface area contributed by atoms with Crippen molar-refractivity contribution in [2.75, 3.05) is 39.3 Å². The van der Waals surface area contributed by atoms with E-state index in [0.29, 0.717) is 50.2 Å². The molecule has 0 radical (unpaired) electrons. The number of nitrogens with one attached hydrogen (secondary N) is 1. The van der Waals surface area contributed by atoms with Crippen molar-refractivity contribution in [1.29, 1.82) is 0 Å². The van der Waals surface area contributed by atoms with Crippen LogP contribution in [0, 0.1) is 0 Å². The molecule has 1 aliphatic heterocycles. The zero-order valence-corrected chi connectivity index (χ0v) is 15.7. The van der Waals surface area contributed by atoms with Crippen LogP contribution in [0.3, 0.4) is 0 Å². The molecule has 0 atom stereocenters. The lowest BCUT2D eigenvalue weighted by Crippen LogP contribution is -2.51. The van der Waals surface area contributed by atoms with Crippen molar-refractivity contribution >= 4 is 23.4 Å². The van der Waals surface area contributed by atoms with Gasteiger partial charge in [-0.3, -0.25) is 14.5 Å². The van der Waals surface area contributed by atoms with Crippen LogP contribution in [0.15, 0.2) is 12.1 Å². The van der Waals surface area contributed by atoms with Gasteiger partial charge in [-0.2, -0.15) is 0 Å². The van der Waals surface area contributed by atoms with Gasteiger partial charge >= 0.3 is 0 Å². The van der Waals surface area contributed by atoms with E-state index in [1.165, 1.54) is 0 Å². The van der Waals surface area contributed by atoms with Crippen LogP contribution in [0.2, 0.25) is 5.02 Å². The molecule has 7 nitrogen and oxygen atoms in total. The van der Waals surface area contributed by atoms with Crippen LogP contribution in [0.5, 0.6) is 5.88 Å². The van der Waals surface area contributed by atoms with E-state index in [4.69, 9.17) is 16.3 Å². The number of aromatic nitrogens is 1. The molecule has 0 spiro atoms. The largest absolute Gasteiger partial charge is 0.478 e. The summed E-state index contributed by atoms with van der Waals surface area (Å²) >= 11 is 6.13. The minimum Gasteiger partial charge on any atom is -0.478 e. The van der Waals surface area contributed by atoms with Crippen LogP contribution in [0.1, 0.15) is 31.3 Å². The zero-order valence-electron chi connectivity index (χ0n) is 14.9. The maximum Gasteiger partial charge on any atom is 0.274 e. The Morgan fingerprint density at radius 2 is 1.96 bits per heavy atom. The summed E-state index contributed by atoms with van der Waals surface area (Å²) in [5.41, 5.74) is 0.207. The lowest BCUT2D eigenvalue weighted by molar-refractivity contribution is -0.123. The smallest absolute Gasteiger partial charge is 0.274 e. The Hall–Kier alpha value is -1.86. The number of halogens is 1. The fourth-order valence-electron chi connectivity index (χ4n) is 2.63. The van der Waals surface area contributed by atoms with E-state index in [9.17, 15) is 9.59 Å². The third-order valence-corrected chi connectivity index (χ3v) is 4.10. The molecular weight excluding hydrogens is 344 g/mol. The first-order valence-electron chi connectivity index (χ1n) is 8.51. The Kier molecular flexibility index (Phi) is 7.01. The van der Waals surface area contributed by atoms with E-state index >= 15 is 0 Å². The summed E-state index contributed by atoms with van der Waals surface area (Å²) in [4.78, 5) is 32.5. The summed E-state index contributed by atoms with van der Waals surface area (Å²) in [5, 5.41) is 3.19. The van der Waals surface area contributed by atoms with E-state index in [-0.39, 0.29) is 23.6 Å². The number of ether oxygens (including phenoxy) is 1. The molecule has 2 heterocycles. The number of nitrogens with zero attached hydrogens (tertiary/aromatic N) is 3. The van der Waals surface area contributed by atoms with Gasteiger partial charge < -0.3 is 15.0 Å². The number of amides is 2. The van der Waals surface area contributed by atoms with E-state index < -0.39 is 0 Å². The molecule has 1 N–H and O–H groups in total. The molecule has 1 aliphatic rings. The van der Waals surface area contributed by atoms with Gasteiger partial charge in [-0.15, -0.1) is 0 Å². The molecule has 1 aromatic heterocycles. The lowest BCUT2D eigenvalue weighted by atomic mass is 10.2. The average molecular weight is 369 g/mol. The van der Waals surface area contributed by atoms with Crippen LogP contribution >= 0.6 is 11.6 Å². The average Bonchev–Trinajstić information content (AvgIpc) is 2.56. The number of pyridine rings is 1. The second kappa shape index (κ2) is 9.01. The maximum atomic E-state index is 12.7. The number of carbonyl (C=O) groups excluding carboxylic acids is 2. The molecule has 0 unspecified atom stereocenters. The van der Waals surface area contributed by atoms with Gasteiger partial charge in [0.25, 0.3) is 5.91 Å². The molecule has 2 rings (SSSR count). The number of hydrogen-bond donors (Lipinski definition) is 1. The third-order valence-electron chi connectivity index (χ3n) is 3.79. The summed E-state index contributed by atoms with van der Waals surface area (Å²) in [7, 11) is 0. The molecule has 8 heteroatoms. The molecule has 1 aromatic rings. The summed E-state index contributed by atoms with van der Waals surface area (Å²) in [5.74, 6) is 0.181. The molecule has 1 saturated heterocycles. The Bertz CT molecular complexity index is 616. The topological polar surface area (TPSA) is 74.8 Å². The number of hydrogen-bond acceptors (Lipinski definition) is 5. The SMILES string of the molecule is CCOc1ccc(Cl)c(C(=O)N2CCN(CC(=O)NC(C)C)CC2)n1. The second-order valence-electron chi connectivity index (χ2n) is 6.20. The van der Waals surface area contributed by atoms with Gasteiger partial charge in [-0.25, -0.2) is 4.98 Å². The summed E-state index contributed by atoms with van der Waals surface area (Å²) in [6, 6.07) is 3.40. The van der Waals surface area contributed by atoms with Gasteiger partial charge in [0.15, 0.2) is 5.69 Å². The number of carbonyl (C=O) groups is 2. The first-order chi connectivity index (χ1) is 11.9. The van der Waals surface area contributed by atoms with Crippen LogP contribution in [0.4, 0.5) is 0 Å². The molecule has 1 fully saturated rings. The fourth-order valence-corrected chi connectivity index (χ4v) is 2.82. The highest BCUT2D eigenvalue weighted by Crippen LogP contribution is 2.20. The van der Waals surface area contributed by atoms with Crippen LogP contribution in [0.25, 0.3) is 0 Å². The van der Waals surface area contributed by atoms with Gasteiger partial charge in [0.2, 0.25) is 11.8 Å². The highest BCUT2D eigenvalue weighted by atomic mass is 35.5. The van der Waals surface area contributed by atoms with Crippen LogP contribution in [-0.4, -0.2) is 72.0 Å². The Labute approximate surface area is 153 Å².